The van der Waals surface area contributed by atoms with E-state index in [4.69, 9.17) is 29.9 Å². The molecule has 0 fully saturated rings. The number of rotatable bonds is 2. The summed E-state index contributed by atoms with van der Waals surface area (Å²) in [4.78, 5) is 28.7. The van der Waals surface area contributed by atoms with Crippen LogP contribution in [0.4, 0.5) is 11.6 Å². The molecule has 0 unspecified atom stereocenters. The van der Waals surface area contributed by atoms with E-state index in [0.717, 1.165) is 44.4 Å². The van der Waals surface area contributed by atoms with E-state index in [-0.39, 0.29) is 17.1 Å². The van der Waals surface area contributed by atoms with Gasteiger partial charge in [-0.3, -0.25) is 0 Å². The van der Waals surface area contributed by atoms with Gasteiger partial charge in [0.1, 0.15) is 0 Å². The molecule has 7 rings (SSSR count). The van der Waals surface area contributed by atoms with E-state index in [9.17, 15) is 0 Å². The van der Waals surface area contributed by atoms with Gasteiger partial charge in [-0.25, -0.2) is 0 Å². The molecule has 0 amide bonds. The SMILES string of the molecule is [Fe+4].c1ccc(/C2=c3\cc/c([n-]3)=N/c3ccc([n-]3)/C(c3ccccc3)=c3/cc/c([n-]3)=N/c3ccc2[n-]3)cc1. The molecule has 1 aliphatic rings. The largest absolute Gasteiger partial charge is 4.00 e. The average Bonchev–Trinajstić information content (AvgIpc) is 3.72. The fraction of sp³-hybridized carbons (Fsp3) is 0. The molecule has 0 atom stereocenters. The zero-order chi connectivity index (χ0) is 23.9. The molecule has 176 valence electrons. The van der Waals surface area contributed by atoms with Gasteiger partial charge in [0, 0.05) is 0 Å². The van der Waals surface area contributed by atoms with Crippen molar-refractivity contribution in [3.63, 3.8) is 0 Å². The van der Waals surface area contributed by atoms with Crippen molar-refractivity contribution in [2.45, 2.75) is 0 Å². The first kappa shape index (κ1) is 22.9. The molecule has 5 heterocycles. The predicted octanol–water partition coefficient (Wildman–Crippen LogP) is 2.22. The molecule has 6 aromatic rings. The zero-order valence-corrected chi connectivity index (χ0v) is 20.5. The third kappa shape index (κ3) is 4.31. The maximum Gasteiger partial charge on any atom is 4.00 e. The van der Waals surface area contributed by atoms with Gasteiger partial charge in [-0.2, -0.15) is 0 Å². The fourth-order valence-electron chi connectivity index (χ4n) is 4.51. The molecule has 0 radical (unpaired) electrons. The number of hydrogen-bond acceptors (Lipinski definition) is 2. The van der Waals surface area contributed by atoms with Crippen LogP contribution < -0.4 is 41.6 Å². The minimum Gasteiger partial charge on any atom is -0.440 e. The molecular weight excluding hydrogens is 500 g/mol. The molecule has 2 aromatic carbocycles. The number of fused-ring (bicyclic) bond motifs is 8. The molecule has 0 saturated heterocycles. The van der Waals surface area contributed by atoms with Gasteiger partial charge in [0.25, 0.3) is 0 Å². The Balaban J connectivity index is 0.00000252. The Labute approximate surface area is 222 Å². The van der Waals surface area contributed by atoms with Gasteiger partial charge < -0.3 is 29.9 Å². The summed E-state index contributed by atoms with van der Waals surface area (Å²) in [6.45, 7) is 0. The summed E-state index contributed by atoms with van der Waals surface area (Å²) < 4.78 is 0. The van der Waals surface area contributed by atoms with Gasteiger partial charge in [0.15, 0.2) is 0 Å². The summed E-state index contributed by atoms with van der Waals surface area (Å²) in [5.41, 5.74) is 6.70. The summed E-state index contributed by atoms with van der Waals surface area (Å²) in [6.07, 6.45) is 0. The number of benzene rings is 2. The molecule has 4 aromatic heterocycles. The van der Waals surface area contributed by atoms with Gasteiger partial charge >= 0.3 is 17.1 Å². The normalized spacial score (nSPS) is 17.2. The molecular formula is C30H18FeN6. The third-order valence-electron chi connectivity index (χ3n) is 6.11. The Bertz CT molecular complexity index is 1790. The van der Waals surface area contributed by atoms with Crippen LogP contribution in [0.5, 0.6) is 0 Å². The second-order valence-corrected chi connectivity index (χ2v) is 8.46. The van der Waals surface area contributed by atoms with E-state index >= 15 is 0 Å². The second-order valence-electron chi connectivity index (χ2n) is 8.46. The summed E-state index contributed by atoms with van der Waals surface area (Å²) in [7, 11) is 0. The first-order chi connectivity index (χ1) is 17.8. The average molecular weight is 518 g/mol. The van der Waals surface area contributed by atoms with Crippen LogP contribution in [0.15, 0.2) is 119 Å². The zero-order valence-electron chi connectivity index (χ0n) is 19.4. The summed E-state index contributed by atoms with van der Waals surface area (Å²) in [5.74, 6) is 1.20. The van der Waals surface area contributed by atoms with Crippen LogP contribution in [0.25, 0.3) is 11.1 Å². The monoisotopic (exact) mass is 518 g/mol. The van der Waals surface area contributed by atoms with Gasteiger partial charge in [-0.1, -0.05) is 132 Å². The van der Waals surface area contributed by atoms with Crippen molar-refractivity contribution in [1.82, 2.24) is 19.9 Å². The van der Waals surface area contributed by atoms with Gasteiger partial charge in [-0.05, 0) is 44.4 Å². The van der Waals surface area contributed by atoms with Crippen molar-refractivity contribution < 1.29 is 17.1 Å². The molecule has 0 saturated carbocycles. The van der Waals surface area contributed by atoms with Gasteiger partial charge in [0.05, 0.1) is 0 Å². The molecule has 1 aliphatic heterocycles. The van der Waals surface area contributed by atoms with Crippen LogP contribution >= 0.6 is 0 Å². The van der Waals surface area contributed by atoms with E-state index < -0.39 is 0 Å². The van der Waals surface area contributed by atoms with Crippen molar-refractivity contribution in [2.24, 2.45) is 9.98 Å². The van der Waals surface area contributed by atoms with Crippen LogP contribution in [-0.2, 0) is 17.1 Å². The van der Waals surface area contributed by atoms with Crippen LogP contribution in [0.3, 0.4) is 0 Å². The summed E-state index contributed by atoms with van der Waals surface area (Å²) >= 11 is 0. The van der Waals surface area contributed by atoms with Crippen molar-refractivity contribution in [2.75, 3.05) is 0 Å². The Kier molecular flexibility index (Phi) is 5.85. The molecule has 37 heavy (non-hydrogen) atoms. The smallest absolute Gasteiger partial charge is 0.440 e. The second kappa shape index (κ2) is 9.47. The predicted molar refractivity (Wildman–Crippen MR) is 136 cm³/mol. The molecule has 7 heteroatoms. The maximum atomic E-state index is 4.82. The van der Waals surface area contributed by atoms with E-state index in [0.29, 0.717) is 22.6 Å². The first-order valence-corrected chi connectivity index (χ1v) is 11.6. The minimum atomic E-state index is 0. The Morgan fingerprint density at radius 3 is 1.27 bits per heavy atom. The van der Waals surface area contributed by atoms with Crippen LogP contribution in [0.2, 0.25) is 0 Å². The molecule has 6 nitrogen and oxygen atoms in total. The number of hydrogen-bond donors (Lipinski definition) is 0. The van der Waals surface area contributed by atoms with Crippen LogP contribution in [-0.4, -0.2) is 0 Å². The third-order valence-corrected chi connectivity index (χ3v) is 6.11. The van der Waals surface area contributed by atoms with Crippen molar-refractivity contribution >= 4 is 22.8 Å². The standard InChI is InChI=1S/C30H18N6.Fe/c1-3-7-19(8-4-1)29-21-11-15-25(31-21)35-27-17-13-23(33-27)30(20-9-5-2-6-10-20)24-14-18-28(34-24)36-26-16-12-22(29)32-26;/h1-18H;/q-4;+4. The van der Waals surface area contributed by atoms with Crippen molar-refractivity contribution in [1.29, 1.82) is 0 Å². The maximum absolute atomic E-state index is 4.82. The van der Waals surface area contributed by atoms with E-state index in [1.165, 1.54) is 0 Å². The van der Waals surface area contributed by atoms with E-state index in [1.807, 2.05) is 84.9 Å². The Morgan fingerprint density at radius 2 is 0.838 bits per heavy atom. The molecule has 0 aliphatic carbocycles. The van der Waals surface area contributed by atoms with Gasteiger partial charge in [0.2, 0.25) is 0 Å². The Hall–Kier alpha value is -4.58. The topological polar surface area (TPSA) is 81.1 Å². The van der Waals surface area contributed by atoms with Crippen LogP contribution in [0.1, 0.15) is 22.5 Å². The molecule has 8 bridgehead atoms. The Morgan fingerprint density at radius 1 is 0.405 bits per heavy atom. The van der Waals surface area contributed by atoms with E-state index in [2.05, 4.69) is 24.3 Å². The quantitative estimate of drug-likeness (QED) is 0.329. The number of aromatic nitrogens is 4. The number of nitrogens with zero attached hydrogens (tertiary/aromatic N) is 6. The first-order valence-electron chi connectivity index (χ1n) is 11.6. The van der Waals surface area contributed by atoms with E-state index in [1.54, 1.807) is 0 Å². The van der Waals surface area contributed by atoms with Gasteiger partial charge in [-0.15, -0.1) is 0 Å². The van der Waals surface area contributed by atoms with Crippen molar-refractivity contribution in [3.05, 3.63) is 153 Å². The van der Waals surface area contributed by atoms with Crippen LogP contribution in [0, 0.1) is 0 Å². The summed E-state index contributed by atoms with van der Waals surface area (Å²) in [6, 6.07) is 35.8. The van der Waals surface area contributed by atoms with Crippen molar-refractivity contribution in [3.8, 4) is 0 Å². The molecule has 0 spiro atoms. The molecule has 0 N–H and O–H groups in total. The minimum absolute atomic E-state index is 0. The summed E-state index contributed by atoms with van der Waals surface area (Å²) in [5, 5.41) is 1.60. The fourth-order valence-corrected chi connectivity index (χ4v) is 4.51.